The van der Waals surface area contributed by atoms with Crippen molar-refractivity contribution in [3.63, 3.8) is 0 Å². The van der Waals surface area contributed by atoms with Gasteiger partial charge in [0.05, 0.1) is 13.2 Å². The SMILES string of the molecule is S=C(c1ccc2ccc3c(c2c1)CCC3)N1CCOCC1. The van der Waals surface area contributed by atoms with Gasteiger partial charge in [-0.05, 0) is 47.2 Å². The van der Waals surface area contributed by atoms with Crippen molar-refractivity contribution in [2.24, 2.45) is 0 Å². The summed E-state index contributed by atoms with van der Waals surface area (Å²) in [6.07, 6.45) is 3.72. The number of hydrogen-bond acceptors (Lipinski definition) is 2. The molecule has 1 saturated heterocycles. The Morgan fingerprint density at radius 2 is 1.86 bits per heavy atom. The Kier molecular flexibility index (Phi) is 3.40. The van der Waals surface area contributed by atoms with E-state index in [0.717, 1.165) is 31.3 Å². The van der Waals surface area contributed by atoms with Gasteiger partial charge < -0.3 is 9.64 Å². The summed E-state index contributed by atoms with van der Waals surface area (Å²) in [5.74, 6) is 0. The molecule has 0 aromatic heterocycles. The van der Waals surface area contributed by atoms with Crippen LogP contribution >= 0.6 is 12.2 Å². The summed E-state index contributed by atoms with van der Waals surface area (Å²) in [6, 6.07) is 11.2. The quantitative estimate of drug-likeness (QED) is 0.749. The van der Waals surface area contributed by atoms with E-state index >= 15 is 0 Å². The highest BCUT2D eigenvalue weighted by Crippen LogP contribution is 2.30. The van der Waals surface area contributed by atoms with Crippen molar-refractivity contribution in [3.05, 3.63) is 47.0 Å². The molecule has 1 heterocycles. The van der Waals surface area contributed by atoms with Crippen LogP contribution in [0.3, 0.4) is 0 Å². The lowest BCUT2D eigenvalue weighted by atomic mass is 9.98. The van der Waals surface area contributed by atoms with Gasteiger partial charge in [0.2, 0.25) is 0 Å². The maximum Gasteiger partial charge on any atom is 0.109 e. The van der Waals surface area contributed by atoms with E-state index < -0.39 is 0 Å². The second kappa shape index (κ2) is 5.39. The Balaban J connectivity index is 1.74. The number of rotatable bonds is 1. The van der Waals surface area contributed by atoms with Gasteiger partial charge in [0.15, 0.2) is 0 Å². The molecule has 0 amide bonds. The number of nitrogens with zero attached hydrogens (tertiary/aromatic N) is 1. The third kappa shape index (κ3) is 2.34. The first-order chi connectivity index (χ1) is 10.3. The zero-order valence-corrected chi connectivity index (χ0v) is 12.9. The average Bonchev–Trinajstić information content (AvgIpc) is 3.03. The molecule has 0 N–H and O–H groups in total. The number of fused-ring (bicyclic) bond motifs is 3. The Hall–Kier alpha value is -1.45. The van der Waals surface area contributed by atoms with E-state index in [4.69, 9.17) is 17.0 Å². The molecule has 0 unspecified atom stereocenters. The fourth-order valence-electron chi connectivity index (χ4n) is 3.49. The van der Waals surface area contributed by atoms with Crippen LogP contribution in [-0.2, 0) is 17.6 Å². The highest BCUT2D eigenvalue weighted by Gasteiger charge is 2.17. The van der Waals surface area contributed by atoms with Crippen molar-refractivity contribution in [2.75, 3.05) is 26.3 Å². The first-order valence-electron chi connectivity index (χ1n) is 7.74. The van der Waals surface area contributed by atoms with Crippen LogP contribution in [0.1, 0.15) is 23.1 Å². The summed E-state index contributed by atoms with van der Waals surface area (Å²) in [5, 5.41) is 2.74. The van der Waals surface area contributed by atoms with E-state index in [0.29, 0.717) is 0 Å². The first-order valence-corrected chi connectivity index (χ1v) is 8.15. The van der Waals surface area contributed by atoms with Crippen molar-refractivity contribution in [1.82, 2.24) is 4.90 Å². The lowest BCUT2D eigenvalue weighted by Gasteiger charge is -2.29. The van der Waals surface area contributed by atoms with Gasteiger partial charge in [-0.1, -0.05) is 36.5 Å². The summed E-state index contributed by atoms with van der Waals surface area (Å²) < 4.78 is 5.42. The number of thiocarbonyl (C=S) groups is 1. The molecule has 2 aromatic carbocycles. The van der Waals surface area contributed by atoms with E-state index in [1.54, 1.807) is 5.56 Å². The summed E-state index contributed by atoms with van der Waals surface area (Å²) in [6.45, 7) is 3.37. The number of aryl methyl sites for hydroxylation is 2. The van der Waals surface area contributed by atoms with Crippen LogP contribution in [-0.4, -0.2) is 36.2 Å². The number of hydrogen-bond donors (Lipinski definition) is 0. The molecule has 0 atom stereocenters. The third-order valence-corrected chi connectivity index (χ3v) is 5.14. The standard InChI is InChI=1S/C18H19NOS/c21-18(19-8-10-20-11-9-19)15-7-6-14-5-4-13-2-1-3-16(13)17(14)12-15/h4-7,12H,1-3,8-11H2. The molecule has 21 heavy (non-hydrogen) atoms. The molecule has 1 aliphatic heterocycles. The van der Waals surface area contributed by atoms with Crippen LogP contribution in [0.15, 0.2) is 30.3 Å². The summed E-state index contributed by atoms with van der Waals surface area (Å²) in [7, 11) is 0. The molecule has 0 saturated carbocycles. The molecule has 2 nitrogen and oxygen atoms in total. The minimum atomic E-state index is 0.781. The molecule has 0 radical (unpaired) electrons. The topological polar surface area (TPSA) is 12.5 Å². The van der Waals surface area contributed by atoms with Gasteiger partial charge in [0.1, 0.15) is 4.99 Å². The maximum atomic E-state index is 5.70. The lowest BCUT2D eigenvalue weighted by molar-refractivity contribution is 0.0693. The van der Waals surface area contributed by atoms with Crippen LogP contribution in [0.25, 0.3) is 10.8 Å². The summed E-state index contributed by atoms with van der Waals surface area (Å²) >= 11 is 5.70. The second-order valence-corrected chi connectivity index (χ2v) is 6.28. The lowest BCUT2D eigenvalue weighted by Crippen LogP contribution is -2.40. The van der Waals surface area contributed by atoms with Gasteiger partial charge in [-0.15, -0.1) is 0 Å². The number of benzene rings is 2. The molecule has 0 spiro atoms. The molecule has 0 bridgehead atoms. The average molecular weight is 297 g/mol. The molecule has 108 valence electrons. The minimum absolute atomic E-state index is 0.781. The molecular weight excluding hydrogens is 278 g/mol. The predicted octanol–water partition coefficient (Wildman–Crippen LogP) is 3.34. The summed E-state index contributed by atoms with van der Waals surface area (Å²) in [4.78, 5) is 3.24. The van der Waals surface area contributed by atoms with Crippen molar-refractivity contribution >= 4 is 28.0 Å². The number of morpholine rings is 1. The maximum absolute atomic E-state index is 5.70. The molecule has 1 fully saturated rings. The van der Waals surface area contributed by atoms with Crippen LogP contribution in [0.5, 0.6) is 0 Å². The molecule has 4 rings (SSSR count). The monoisotopic (exact) mass is 297 g/mol. The van der Waals surface area contributed by atoms with E-state index in [1.807, 2.05) is 0 Å². The predicted molar refractivity (Wildman–Crippen MR) is 90.1 cm³/mol. The Bertz CT molecular complexity index is 704. The van der Waals surface area contributed by atoms with Gasteiger partial charge in [-0.3, -0.25) is 0 Å². The van der Waals surface area contributed by atoms with Gasteiger partial charge in [0, 0.05) is 18.7 Å². The van der Waals surface area contributed by atoms with Gasteiger partial charge in [-0.2, -0.15) is 0 Å². The number of ether oxygens (including phenoxy) is 1. The minimum Gasteiger partial charge on any atom is -0.378 e. The normalized spacial score (nSPS) is 18.0. The zero-order chi connectivity index (χ0) is 14.2. The van der Waals surface area contributed by atoms with Crippen molar-refractivity contribution in [3.8, 4) is 0 Å². The van der Waals surface area contributed by atoms with Crippen molar-refractivity contribution < 1.29 is 4.74 Å². The van der Waals surface area contributed by atoms with Gasteiger partial charge >= 0.3 is 0 Å². The Morgan fingerprint density at radius 1 is 1.05 bits per heavy atom. The highest BCUT2D eigenvalue weighted by molar-refractivity contribution is 7.80. The Morgan fingerprint density at radius 3 is 2.71 bits per heavy atom. The first kappa shape index (κ1) is 13.2. The fraction of sp³-hybridized carbons (Fsp3) is 0.389. The molecule has 2 aliphatic rings. The van der Waals surface area contributed by atoms with E-state index in [2.05, 4.69) is 35.2 Å². The largest absolute Gasteiger partial charge is 0.378 e. The van der Waals surface area contributed by atoms with Gasteiger partial charge in [0.25, 0.3) is 0 Å². The summed E-state index contributed by atoms with van der Waals surface area (Å²) in [5.41, 5.74) is 4.25. The molecular formula is C18H19NOS. The molecule has 3 heteroatoms. The van der Waals surface area contributed by atoms with E-state index in [-0.39, 0.29) is 0 Å². The Labute approximate surface area is 130 Å². The van der Waals surface area contributed by atoms with Crippen molar-refractivity contribution in [1.29, 1.82) is 0 Å². The van der Waals surface area contributed by atoms with Crippen LogP contribution in [0.2, 0.25) is 0 Å². The van der Waals surface area contributed by atoms with Gasteiger partial charge in [-0.25, -0.2) is 0 Å². The molecule has 1 aliphatic carbocycles. The second-order valence-electron chi connectivity index (χ2n) is 5.90. The van der Waals surface area contributed by atoms with Crippen LogP contribution < -0.4 is 0 Å². The van der Waals surface area contributed by atoms with Crippen LogP contribution in [0.4, 0.5) is 0 Å². The molecule has 2 aromatic rings. The van der Waals surface area contributed by atoms with Crippen molar-refractivity contribution in [2.45, 2.75) is 19.3 Å². The van der Waals surface area contributed by atoms with Crippen LogP contribution in [0, 0.1) is 0 Å². The zero-order valence-electron chi connectivity index (χ0n) is 12.1. The highest BCUT2D eigenvalue weighted by atomic mass is 32.1. The fourth-order valence-corrected chi connectivity index (χ4v) is 3.80. The van der Waals surface area contributed by atoms with E-state index in [9.17, 15) is 0 Å². The third-order valence-electron chi connectivity index (χ3n) is 4.65. The van der Waals surface area contributed by atoms with E-state index in [1.165, 1.54) is 41.2 Å². The smallest absolute Gasteiger partial charge is 0.109 e.